The molecule has 84 valence electrons. The minimum absolute atomic E-state index is 0.0630. The minimum atomic E-state index is -1.04. The standard InChI is InChI=1S/C10H12N4O2/c1-10(2,3)7-8-11-5-4-6(9(15)16)14(8)13-12-7/h4-5H,1-3H3,(H,15,16). The molecule has 0 radical (unpaired) electrons. The summed E-state index contributed by atoms with van der Waals surface area (Å²) in [4.78, 5) is 15.1. The lowest BCUT2D eigenvalue weighted by Crippen LogP contribution is -2.13. The van der Waals surface area contributed by atoms with Crippen LogP contribution in [0, 0.1) is 0 Å². The summed E-state index contributed by atoms with van der Waals surface area (Å²) in [7, 11) is 0. The van der Waals surface area contributed by atoms with Crippen molar-refractivity contribution >= 4 is 11.6 Å². The summed E-state index contributed by atoms with van der Waals surface area (Å²) in [6.07, 6.45) is 1.46. The first-order valence-corrected chi connectivity index (χ1v) is 4.85. The second-order valence-corrected chi connectivity index (χ2v) is 4.56. The predicted octanol–water partition coefficient (Wildman–Crippen LogP) is 1.12. The monoisotopic (exact) mass is 220 g/mol. The Hall–Kier alpha value is -1.98. The largest absolute Gasteiger partial charge is 0.477 e. The first-order valence-electron chi connectivity index (χ1n) is 4.85. The van der Waals surface area contributed by atoms with Gasteiger partial charge in [-0.05, 0) is 6.07 Å². The molecular formula is C10H12N4O2. The van der Waals surface area contributed by atoms with E-state index in [1.807, 2.05) is 20.8 Å². The molecule has 6 nitrogen and oxygen atoms in total. The maximum Gasteiger partial charge on any atom is 0.354 e. The van der Waals surface area contributed by atoms with E-state index in [2.05, 4.69) is 15.3 Å². The van der Waals surface area contributed by atoms with Gasteiger partial charge in [-0.15, -0.1) is 5.10 Å². The van der Waals surface area contributed by atoms with Crippen molar-refractivity contribution in [2.75, 3.05) is 0 Å². The number of aromatic carboxylic acids is 1. The molecular weight excluding hydrogens is 208 g/mol. The molecule has 2 aromatic heterocycles. The van der Waals surface area contributed by atoms with Crippen LogP contribution in [0.1, 0.15) is 37.0 Å². The van der Waals surface area contributed by atoms with Gasteiger partial charge in [0.2, 0.25) is 0 Å². The Balaban J connectivity index is 2.76. The van der Waals surface area contributed by atoms with E-state index in [-0.39, 0.29) is 11.1 Å². The Labute approximate surface area is 91.9 Å². The van der Waals surface area contributed by atoms with E-state index in [0.717, 1.165) is 0 Å². The van der Waals surface area contributed by atoms with Crippen LogP contribution < -0.4 is 0 Å². The second kappa shape index (κ2) is 3.26. The highest BCUT2D eigenvalue weighted by Gasteiger charge is 2.23. The van der Waals surface area contributed by atoms with Crippen LogP contribution in [0.5, 0.6) is 0 Å². The van der Waals surface area contributed by atoms with Gasteiger partial charge in [-0.1, -0.05) is 26.0 Å². The zero-order valence-electron chi connectivity index (χ0n) is 9.30. The van der Waals surface area contributed by atoms with Gasteiger partial charge in [0, 0.05) is 11.6 Å². The molecule has 0 atom stereocenters. The van der Waals surface area contributed by atoms with Gasteiger partial charge in [0.15, 0.2) is 11.3 Å². The van der Waals surface area contributed by atoms with Gasteiger partial charge < -0.3 is 5.11 Å². The van der Waals surface area contributed by atoms with E-state index >= 15 is 0 Å². The molecule has 1 N–H and O–H groups in total. The molecule has 0 spiro atoms. The lowest BCUT2D eigenvalue weighted by atomic mass is 9.92. The van der Waals surface area contributed by atoms with Crippen molar-refractivity contribution in [3.05, 3.63) is 23.7 Å². The summed E-state index contributed by atoms with van der Waals surface area (Å²) in [6.45, 7) is 5.93. The number of carboxylic acid groups (broad SMARTS) is 1. The van der Waals surface area contributed by atoms with E-state index in [4.69, 9.17) is 5.11 Å². The first kappa shape index (κ1) is 10.5. The van der Waals surface area contributed by atoms with Gasteiger partial charge >= 0.3 is 5.97 Å². The molecule has 2 aromatic rings. The van der Waals surface area contributed by atoms with Gasteiger partial charge in [0.1, 0.15) is 5.69 Å². The zero-order valence-corrected chi connectivity index (χ0v) is 9.30. The molecule has 0 unspecified atom stereocenters. The second-order valence-electron chi connectivity index (χ2n) is 4.56. The van der Waals surface area contributed by atoms with Crippen molar-refractivity contribution in [3.63, 3.8) is 0 Å². The third kappa shape index (κ3) is 1.52. The van der Waals surface area contributed by atoms with Crippen LogP contribution in [0.15, 0.2) is 12.3 Å². The maximum absolute atomic E-state index is 11.0. The Bertz CT molecular complexity index is 553. The normalized spacial score (nSPS) is 11.9. The number of nitrogens with zero attached hydrogens (tertiary/aromatic N) is 4. The first-order chi connectivity index (χ1) is 7.41. The third-order valence-electron chi connectivity index (χ3n) is 2.23. The fourth-order valence-corrected chi connectivity index (χ4v) is 1.45. The quantitative estimate of drug-likeness (QED) is 0.778. The average molecular weight is 220 g/mol. The smallest absolute Gasteiger partial charge is 0.354 e. The molecule has 0 saturated carbocycles. The Morgan fingerprint density at radius 3 is 2.69 bits per heavy atom. The summed E-state index contributed by atoms with van der Waals surface area (Å²) in [5, 5.41) is 16.8. The number of rotatable bonds is 1. The SMILES string of the molecule is CC(C)(C)c1nnn2c(C(=O)O)ccnc12. The number of hydrogen-bond donors (Lipinski definition) is 1. The number of fused-ring (bicyclic) bond motifs is 1. The van der Waals surface area contributed by atoms with Crippen molar-refractivity contribution in [1.82, 2.24) is 19.8 Å². The molecule has 0 aromatic carbocycles. The van der Waals surface area contributed by atoms with E-state index in [1.54, 1.807) is 0 Å². The van der Waals surface area contributed by atoms with Gasteiger partial charge in [-0.25, -0.2) is 9.78 Å². The molecule has 2 heterocycles. The summed E-state index contributed by atoms with van der Waals surface area (Å²) < 4.78 is 1.25. The molecule has 2 rings (SSSR count). The lowest BCUT2D eigenvalue weighted by molar-refractivity contribution is 0.0687. The Morgan fingerprint density at radius 2 is 2.12 bits per heavy atom. The number of hydrogen-bond acceptors (Lipinski definition) is 4. The molecule has 0 aliphatic carbocycles. The molecule has 6 heteroatoms. The number of aromatic nitrogens is 4. The molecule has 16 heavy (non-hydrogen) atoms. The Kier molecular flexibility index (Phi) is 2.15. The van der Waals surface area contributed by atoms with Crippen molar-refractivity contribution in [1.29, 1.82) is 0 Å². The van der Waals surface area contributed by atoms with Gasteiger partial charge in [-0.2, -0.15) is 4.52 Å². The van der Waals surface area contributed by atoms with Gasteiger partial charge in [0.05, 0.1) is 0 Å². The van der Waals surface area contributed by atoms with Crippen LogP contribution >= 0.6 is 0 Å². The highest BCUT2D eigenvalue weighted by Crippen LogP contribution is 2.23. The fourth-order valence-electron chi connectivity index (χ4n) is 1.45. The van der Waals surface area contributed by atoms with E-state index in [0.29, 0.717) is 11.3 Å². The van der Waals surface area contributed by atoms with Gasteiger partial charge in [0.25, 0.3) is 0 Å². The van der Waals surface area contributed by atoms with Crippen LogP contribution in [-0.2, 0) is 5.41 Å². The van der Waals surface area contributed by atoms with Crippen LogP contribution in [0.2, 0.25) is 0 Å². The summed E-state index contributed by atoms with van der Waals surface area (Å²) in [5.74, 6) is -1.04. The van der Waals surface area contributed by atoms with Crippen molar-refractivity contribution < 1.29 is 9.90 Å². The predicted molar refractivity (Wildman–Crippen MR) is 56.4 cm³/mol. The lowest BCUT2D eigenvalue weighted by Gasteiger charge is -2.13. The third-order valence-corrected chi connectivity index (χ3v) is 2.23. The minimum Gasteiger partial charge on any atom is -0.477 e. The average Bonchev–Trinajstić information content (AvgIpc) is 2.59. The van der Waals surface area contributed by atoms with Crippen molar-refractivity contribution in [3.8, 4) is 0 Å². The van der Waals surface area contributed by atoms with E-state index in [9.17, 15) is 4.79 Å². The van der Waals surface area contributed by atoms with Crippen molar-refractivity contribution in [2.45, 2.75) is 26.2 Å². The van der Waals surface area contributed by atoms with E-state index in [1.165, 1.54) is 16.8 Å². The number of carboxylic acids is 1. The van der Waals surface area contributed by atoms with Crippen LogP contribution in [0.25, 0.3) is 5.65 Å². The molecule has 0 aliphatic heterocycles. The van der Waals surface area contributed by atoms with E-state index < -0.39 is 5.97 Å². The summed E-state index contributed by atoms with van der Waals surface area (Å²) in [5.41, 5.74) is 1.03. The molecule has 0 aliphatic rings. The maximum atomic E-state index is 11.0. The molecule has 0 saturated heterocycles. The highest BCUT2D eigenvalue weighted by molar-refractivity contribution is 5.86. The molecule has 0 bridgehead atoms. The van der Waals surface area contributed by atoms with Crippen LogP contribution in [-0.4, -0.2) is 30.9 Å². The topological polar surface area (TPSA) is 80.4 Å². The molecule has 0 amide bonds. The highest BCUT2D eigenvalue weighted by atomic mass is 16.4. The summed E-state index contributed by atoms with van der Waals surface area (Å²) >= 11 is 0. The van der Waals surface area contributed by atoms with Crippen LogP contribution in [0.3, 0.4) is 0 Å². The summed E-state index contributed by atoms with van der Waals surface area (Å²) in [6, 6.07) is 1.40. The van der Waals surface area contributed by atoms with Crippen molar-refractivity contribution in [2.24, 2.45) is 0 Å². The van der Waals surface area contributed by atoms with Gasteiger partial charge in [-0.3, -0.25) is 0 Å². The van der Waals surface area contributed by atoms with Crippen LogP contribution in [0.4, 0.5) is 0 Å². The molecule has 0 fully saturated rings. The Morgan fingerprint density at radius 1 is 1.44 bits per heavy atom. The fraction of sp³-hybridized carbons (Fsp3) is 0.400. The zero-order chi connectivity index (χ0) is 11.9. The number of carbonyl (C=O) groups is 1.